The second-order valence-electron chi connectivity index (χ2n) is 2.59. The zero-order chi connectivity index (χ0) is 9.42. The lowest BCUT2D eigenvalue weighted by molar-refractivity contribution is 0.170. The zero-order valence-corrected chi connectivity index (χ0v) is 6.58. The predicted octanol–water partition coefficient (Wildman–Crippen LogP) is 0.752. The van der Waals surface area contributed by atoms with E-state index in [9.17, 15) is 9.50 Å². The number of hydrogen-bond donors (Lipinski definition) is 2. The Morgan fingerprint density at radius 2 is 2.23 bits per heavy atom. The Balaban J connectivity index is 2.61. The van der Waals surface area contributed by atoms with Crippen molar-refractivity contribution < 1.29 is 24.1 Å². The van der Waals surface area contributed by atoms with Gasteiger partial charge in [0.1, 0.15) is 0 Å². The third-order valence-corrected chi connectivity index (χ3v) is 1.83. The van der Waals surface area contributed by atoms with E-state index < -0.39 is 18.2 Å². The first-order valence-corrected chi connectivity index (χ1v) is 3.65. The third-order valence-electron chi connectivity index (χ3n) is 1.83. The number of rotatable bonds is 1. The molecule has 4 nitrogen and oxygen atoms in total. The molecule has 0 spiro atoms. The number of fused-ring (bicyclic) bond motifs is 1. The van der Waals surface area contributed by atoms with Crippen LogP contribution in [0.3, 0.4) is 0 Å². The summed E-state index contributed by atoms with van der Waals surface area (Å²) in [4.78, 5) is 0. The minimum Gasteiger partial charge on any atom is -0.504 e. The summed E-state index contributed by atoms with van der Waals surface area (Å²) in [7, 11) is 0. The van der Waals surface area contributed by atoms with Crippen molar-refractivity contribution in [1.29, 1.82) is 0 Å². The van der Waals surface area contributed by atoms with Gasteiger partial charge < -0.3 is 19.7 Å². The topological polar surface area (TPSA) is 58.9 Å². The lowest BCUT2D eigenvalue weighted by atomic mass is 10.2. The van der Waals surface area contributed by atoms with Crippen molar-refractivity contribution in [3.63, 3.8) is 0 Å². The fourth-order valence-electron chi connectivity index (χ4n) is 1.16. The van der Waals surface area contributed by atoms with Gasteiger partial charge >= 0.3 is 0 Å². The van der Waals surface area contributed by atoms with Crippen molar-refractivity contribution in [1.82, 2.24) is 0 Å². The molecular formula is C8H7FO4. The summed E-state index contributed by atoms with van der Waals surface area (Å²) < 4.78 is 22.8. The van der Waals surface area contributed by atoms with Crippen LogP contribution in [0, 0.1) is 5.82 Å². The number of hydrogen-bond acceptors (Lipinski definition) is 4. The van der Waals surface area contributed by atoms with Gasteiger partial charge in [-0.25, -0.2) is 0 Å². The zero-order valence-electron chi connectivity index (χ0n) is 6.58. The number of ether oxygens (including phenoxy) is 2. The van der Waals surface area contributed by atoms with E-state index in [4.69, 9.17) is 14.6 Å². The SMILES string of the molecule is OCc1cc2c(c(F)c1O)OCO2. The van der Waals surface area contributed by atoms with Gasteiger partial charge in [0.15, 0.2) is 11.5 Å². The van der Waals surface area contributed by atoms with Gasteiger partial charge in [0.25, 0.3) is 0 Å². The molecule has 2 rings (SSSR count). The Bertz CT molecular complexity index is 350. The lowest BCUT2D eigenvalue weighted by Gasteiger charge is -2.04. The number of aromatic hydroxyl groups is 1. The van der Waals surface area contributed by atoms with E-state index in [1.54, 1.807) is 0 Å². The van der Waals surface area contributed by atoms with Crippen LogP contribution in [0.2, 0.25) is 0 Å². The van der Waals surface area contributed by atoms with Crippen molar-refractivity contribution >= 4 is 0 Å². The highest BCUT2D eigenvalue weighted by atomic mass is 19.1. The molecule has 0 saturated heterocycles. The Morgan fingerprint density at radius 3 is 2.92 bits per heavy atom. The first-order valence-electron chi connectivity index (χ1n) is 3.65. The van der Waals surface area contributed by atoms with E-state index in [-0.39, 0.29) is 23.9 Å². The number of benzene rings is 1. The highest BCUT2D eigenvalue weighted by Crippen LogP contribution is 2.41. The summed E-state index contributed by atoms with van der Waals surface area (Å²) in [6.07, 6.45) is 0. The Hall–Kier alpha value is -1.49. The van der Waals surface area contributed by atoms with E-state index in [2.05, 4.69) is 0 Å². The highest BCUT2D eigenvalue weighted by molar-refractivity contribution is 5.52. The first-order chi connectivity index (χ1) is 6.24. The van der Waals surface area contributed by atoms with Gasteiger partial charge in [-0.05, 0) is 6.07 Å². The smallest absolute Gasteiger partial charge is 0.231 e. The first kappa shape index (κ1) is 8.12. The quantitative estimate of drug-likeness (QED) is 0.679. The van der Waals surface area contributed by atoms with E-state index in [0.717, 1.165) is 0 Å². The number of halogens is 1. The molecule has 0 fully saturated rings. The van der Waals surface area contributed by atoms with Gasteiger partial charge in [0, 0.05) is 5.56 Å². The molecule has 0 saturated carbocycles. The number of aliphatic hydroxyl groups is 1. The van der Waals surface area contributed by atoms with Gasteiger partial charge in [0.2, 0.25) is 18.4 Å². The Labute approximate surface area is 73.1 Å². The van der Waals surface area contributed by atoms with Gasteiger partial charge in [-0.1, -0.05) is 0 Å². The van der Waals surface area contributed by atoms with Crippen LogP contribution in [0.4, 0.5) is 4.39 Å². The van der Waals surface area contributed by atoms with Crippen LogP contribution in [-0.2, 0) is 6.61 Å². The van der Waals surface area contributed by atoms with E-state index in [1.165, 1.54) is 6.07 Å². The molecule has 1 aliphatic rings. The van der Waals surface area contributed by atoms with Crippen LogP contribution >= 0.6 is 0 Å². The molecule has 0 aliphatic carbocycles. The van der Waals surface area contributed by atoms with Crippen molar-refractivity contribution in [3.8, 4) is 17.2 Å². The fourth-order valence-corrected chi connectivity index (χ4v) is 1.16. The van der Waals surface area contributed by atoms with Gasteiger partial charge in [-0.2, -0.15) is 4.39 Å². The largest absolute Gasteiger partial charge is 0.504 e. The average Bonchev–Trinajstić information content (AvgIpc) is 2.59. The van der Waals surface area contributed by atoms with Crippen molar-refractivity contribution in [2.24, 2.45) is 0 Å². The summed E-state index contributed by atoms with van der Waals surface area (Å²) in [6, 6.07) is 1.35. The number of aliphatic hydroxyl groups excluding tert-OH is 1. The van der Waals surface area contributed by atoms with Crippen LogP contribution in [0.25, 0.3) is 0 Å². The van der Waals surface area contributed by atoms with Crippen LogP contribution in [0.5, 0.6) is 17.2 Å². The highest BCUT2D eigenvalue weighted by Gasteiger charge is 2.23. The molecule has 0 bridgehead atoms. The van der Waals surface area contributed by atoms with Gasteiger partial charge in [0.05, 0.1) is 6.61 Å². The minimum atomic E-state index is -0.890. The molecule has 70 valence electrons. The Morgan fingerprint density at radius 1 is 1.46 bits per heavy atom. The van der Waals surface area contributed by atoms with E-state index in [1.807, 2.05) is 0 Å². The van der Waals surface area contributed by atoms with Crippen molar-refractivity contribution in [3.05, 3.63) is 17.4 Å². The monoisotopic (exact) mass is 186 g/mol. The summed E-state index contributed by atoms with van der Waals surface area (Å²) in [6.45, 7) is -0.514. The molecule has 1 aromatic carbocycles. The van der Waals surface area contributed by atoms with Gasteiger partial charge in [-0.3, -0.25) is 0 Å². The molecule has 0 amide bonds. The summed E-state index contributed by atoms with van der Waals surface area (Å²) in [5.74, 6) is -1.38. The molecular weight excluding hydrogens is 179 g/mol. The van der Waals surface area contributed by atoms with Crippen LogP contribution < -0.4 is 9.47 Å². The van der Waals surface area contributed by atoms with E-state index >= 15 is 0 Å². The third kappa shape index (κ3) is 1.08. The maximum atomic E-state index is 13.2. The molecule has 0 aromatic heterocycles. The molecule has 13 heavy (non-hydrogen) atoms. The van der Waals surface area contributed by atoms with Crippen LogP contribution in [-0.4, -0.2) is 17.0 Å². The molecule has 2 N–H and O–H groups in total. The average molecular weight is 186 g/mol. The molecule has 1 aromatic rings. The normalized spacial score (nSPS) is 13.4. The molecule has 0 radical (unpaired) electrons. The van der Waals surface area contributed by atoms with Crippen molar-refractivity contribution in [2.75, 3.05) is 6.79 Å². The molecule has 0 atom stereocenters. The number of phenols is 1. The maximum absolute atomic E-state index is 13.2. The summed E-state index contributed by atoms with van der Waals surface area (Å²) in [5, 5.41) is 17.9. The second kappa shape index (κ2) is 2.77. The fraction of sp³-hybridized carbons (Fsp3) is 0.250. The van der Waals surface area contributed by atoms with Crippen LogP contribution in [0.15, 0.2) is 6.07 Å². The van der Waals surface area contributed by atoms with Gasteiger partial charge in [-0.15, -0.1) is 0 Å². The molecule has 5 heteroatoms. The summed E-state index contributed by atoms with van der Waals surface area (Å²) >= 11 is 0. The molecule has 1 aliphatic heterocycles. The molecule has 0 unspecified atom stereocenters. The second-order valence-corrected chi connectivity index (χ2v) is 2.59. The summed E-state index contributed by atoms with van der Waals surface area (Å²) in [5.41, 5.74) is 0.0850. The standard InChI is InChI=1S/C8H7FO4/c9-6-7(11)4(2-10)1-5-8(6)13-3-12-5/h1,10-11H,2-3H2. The minimum absolute atomic E-state index is 0.0689. The molecule has 1 heterocycles. The lowest BCUT2D eigenvalue weighted by Crippen LogP contribution is -1.93. The Kier molecular flexibility index (Phi) is 1.73. The van der Waals surface area contributed by atoms with Crippen LogP contribution in [0.1, 0.15) is 5.56 Å². The van der Waals surface area contributed by atoms with E-state index in [0.29, 0.717) is 0 Å². The predicted molar refractivity (Wildman–Crippen MR) is 40.1 cm³/mol. The maximum Gasteiger partial charge on any atom is 0.231 e. The van der Waals surface area contributed by atoms with Crippen molar-refractivity contribution in [2.45, 2.75) is 6.61 Å².